The molecule has 0 spiro atoms. The van der Waals surface area contributed by atoms with Gasteiger partial charge in [0.15, 0.2) is 0 Å². The molecule has 5 rings (SSSR count). The second-order valence-corrected chi connectivity index (χ2v) is 10.7. The number of ketones is 1. The third-order valence-corrected chi connectivity index (χ3v) is 9.97. The first-order chi connectivity index (χ1) is 11.4. The summed E-state index contributed by atoms with van der Waals surface area (Å²) in [6, 6.07) is 0. The lowest BCUT2D eigenvalue weighted by atomic mass is 9.48. The average Bonchev–Trinajstić information content (AvgIpc) is 3.11. The molecule has 5 aliphatic carbocycles. The highest BCUT2D eigenvalue weighted by atomic mass is 16.3. The summed E-state index contributed by atoms with van der Waals surface area (Å²) < 4.78 is 0. The van der Waals surface area contributed by atoms with E-state index in [4.69, 9.17) is 0 Å². The predicted octanol–water partition coefficient (Wildman–Crippen LogP) is 4.45. The monoisotopic (exact) mass is 330 g/mol. The molecule has 9 unspecified atom stereocenters. The van der Waals surface area contributed by atoms with E-state index in [0.717, 1.165) is 54.8 Å². The molecule has 0 heterocycles. The van der Waals surface area contributed by atoms with E-state index >= 15 is 0 Å². The van der Waals surface area contributed by atoms with Crippen molar-refractivity contribution in [1.29, 1.82) is 0 Å². The minimum atomic E-state index is -0.0386. The van der Waals surface area contributed by atoms with E-state index in [-0.39, 0.29) is 11.5 Å². The maximum Gasteiger partial charge on any atom is 0.133 e. The second-order valence-electron chi connectivity index (χ2n) is 10.7. The highest BCUT2D eigenvalue weighted by Crippen LogP contribution is 2.75. The predicted molar refractivity (Wildman–Crippen MR) is 94.3 cm³/mol. The maximum atomic E-state index is 12.2. The van der Waals surface area contributed by atoms with Crippen LogP contribution in [-0.4, -0.2) is 17.0 Å². The van der Waals surface area contributed by atoms with Crippen molar-refractivity contribution in [3.63, 3.8) is 0 Å². The molecule has 1 N–H and O–H groups in total. The van der Waals surface area contributed by atoms with Crippen LogP contribution in [0.1, 0.15) is 72.1 Å². The van der Waals surface area contributed by atoms with Gasteiger partial charge < -0.3 is 5.11 Å². The molecule has 24 heavy (non-hydrogen) atoms. The summed E-state index contributed by atoms with van der Waals surface area (Å²) in [6.45, 7) is 6.87. The van der Waals surface area contributed by atoms with Gasteiger partial charge in [-0.25, -0.2) is 0 Å². The van der Waals surface area contributed by atoms with Crippen molar-refractivity contribution >= 4 is 5.78 Å². The van der Waals surface area contributed by atoms with E-state index in [0.29, 0.717) is 17.1 Å². The Labute approximate surface area is 146 Å². The zero-order valence-corrected chi connectivity index (χ0v) is 15.6. The Morgan fingerprint density at radius 1 is 0.875 bits per heavy atom. The molecule has 5 saturated carbocycles. The molecule has 10 atom stereocenters. The molecule has 0 radical (unpaired) electrons. The van der Waals surface area contributed by atoms with Gasteiger partial charge in [-0.15, -0.1) is 0 Å². The summed E-state index contributed by atoms with van der Waals surface area (Å²) in [4.78, 5) is 12.2. The number of hydrogen-bond acceptors (Lipinski definition) is 2. The minimum absolute atomic E-state index is 0.0386. The van der Waals surface area contributed by atoms with Gasteiger partial charge in [0, 0.05) is 5.92 Å². The summed E-state index contributed by atoms with van der Waals surface area (Å²) >= 11 is 0. The van der Waals surface area contributed by atoms with E-state index in [1.54, 1.807) is 0 Å². The number of rotatable bonds is 1. The summed E-state index contributed by atoms with van der Waals surface area (Å²) in [5.74, 6) is 5.90. The fourth-order valence-electron chi connectivity index (χ4n) is 8.99. The summed E-state index contributed by atoms with van der Waals surface area (Å²) in [5.41, 5.74) is 0.764. The summed E-state index contributed by atoms with van der Waals surface area (Å²) in [6.07, 6.45) is 9.76. The van der Waals surface area contributed by atoms with Gasteiger partial charge in [-0.05, 0) is 105 Å². The standard InChI is InChI=1S/C22H34O2/c1-12(23)17-4-5-18-16-11-15-14-10-13(24)6-8-22(3,20(14)15)19(16)7-9-21(17,18)2/h13-20,24H,4-11H2,1-3H3/t13?,14?,15?,16?,17?,18?,19?,20-,21?,22?/m1/s1. The van der Waals surface area contributed by atoms with Gasteiger partial charge >= 0.3 is 0 Å². The van der Waals surface area contributed by atoms with Crippen molar-refractivity contribution in [2.75, 3.05) is 0 Å². The molecule has 2 nitrogen and oxygen atoms in total. The molecular weight excluding hydrogens is 296 g/mol. The van der Waals surface area contributed by atoms with E-state index < -0.39 is 0 Å². The van der Waals surface area contributed by atoms with Crippen molar-refractivity contribution in [2.24, 2.45) is 52.3 Å². The second kappa shape index (κ2) is 4.87. The van der Waals surface area contributed by atoms with Gasteiger partial charge in [0.2, 0.25) is 0 Å². The molecule has 134 valence electrons. The smallest absolute Gasteiger partial charge is 0.133 e. The number of Topliss-reactive ketones (excluding diaryl/α,β-unsaturated/α-hetero) is 1. The van der Waals surface area contributed by atoms with Gasteiger partial charge in [0.05, 0.1) is 6.10 Å². The highest BCUT2D eigenvalue weighted by molar-refractivity contribution is 5.79. The zero-order chi connectivity index (χ0) is 16.9. The van der Waals surface area contributed by atoms with Crippen molar-refractivity contribution in [3.05, 3.63) is 0 Å². The molecule has 0 bridgehead atoms. The number of aliphatic hydroxyl groups is 1. The molecular formula is C22H34O2. The van der Waals surface area contributed by atoms with Gasteiger partial charge in [-0.1, -0.05) is 13.8 Å². The minimum Gasteiger partial charge on any atom is -0.393 e. The fourth-order valence-corrected chi connectivity index (χ4v) is 8.99. The molecule has 0 aromatic carbocycles. The van der Waals surface area contributed by atoms with Crippen LogP contribution >= 0.6 is 0 Å². The quantitative estimate of drug-likeness (QED) is 0.771. The van der Waals surface area contributed by atoms with E-state index in [1.165, 1.54) is 32.1 Å². The van der Waals surface area contributed by atoms with Crippen molar-refractivity contribution in [2.45, 2.75) is 78.2 Å². The lowest BCUT2D eigenvalue weighted by Gasteiger charge is -2.56. The molecule has 5 aliphatic rings. The Kier molecular flexibility index (Phi) is 3.22. The van der Waals surface area contributed by atoms with Gasteiger partial charge in [0.25, 0.3) is 0 Å². The number of hydrogen-bond donors (Lipinski definition) is 1. The first-order valence-electron chi connectivity index (χ1n) is 10.5. The van der Waals surface area contributed by atoms with Gasteiger partial charge in [-0.2, -0.15) is 0 Å². The Balaban J connectivity index is 1.48. The molecule has 0 saturated heterocycles. The Bertz CT molecular complexity index is 570. The molecule has 0 aliphatic heterocycles. The third kappa shape index (κ3) is 1.85. The zero-order valence-electron chi connectivity index (χ0n) is 15.6. The first-order valence-corrected chi connectivity index (χ1v) is 10.5. The van der Waals surface area contributed by atoms with Crippen molar-refractivity contribution in [1.82, 2.24) is 0 Å². The molecule has 2 heteroatoms. The number of carbonyl (C=O) groups is 1. The van der Waals surface area contributed by atoms with Crippen LogP contribution in [0.5, 0.6) is 0 Å². The molecule has 0 aromatic heterocycles. The number of fused-ring (bicyclic) bond motifs is 5. The van der Waals surface area contributed by atoms with Crippen LogP contribution in [0.2, 0.25) is 0 Å². The molecule has 0 aromatic rings. The van der Waals surface area contributed by atoms with Crippen LogP contribution in [0.15, 0.2) is 0 Å². The SMILES string of the molecule is CC(=O)C1CCC2C3CC4C5CC(O)CCC(C)(C3CCC12C)[C@H]54. The maximum absolute atomic E-state index is 12.2. The number of aliphatic hydroxyl groups excluding tert-OH is 1. The largest absolute Gasteiger partial charge is 0.393 e. The average molecular weight is 331 g/mol. The van der Waals surface area contributed by atoms with Crippen LogP contribution in [0.25, 0.3) is 0 Å². The molecule has 5 fully saturated rings. The lowest BCUT2D eigenvalue weighted by Crippen LogP contribution is -2.50. The van der Waals surface area contributed by atoms with Gasteiger partial charge in [0.1, 0.15) is 5.78 Å². The Morgan fingerprint density at radius 3 is 2.29 bits per heavy atom. The van der Waals surface area contributed by atoms with E-state index in [1.807, 2.05) is 6.92 Å². The topological polar surface area (TPSA) is 37.3 Å². The Morgan fingerprint density at radius 2 is 1.54 bits per heavy atom. The summed E-state index contributed by atoms with van der Waals surface area (Å²) in [5, 5.41) is 10.3. The highest BCUT2D eigenvalue weighted by Gasteiger charge is 2.70. The van der Waals surface area contributed by atoms with E-state index in [9.17, 15) is 9.90 Å². The summed E-state index contributed by atoms with van der Waals surface area (Å²) in [7, 11) is 0. The van der Waals surface area contributed by atoms with Gasteiger partial charge in [-0.3, -0.25) is 4.79 Å². The lowest BCUT2D eigenvalue weighted by molar-refractivity contribution is -0.129. The molecule has 0 amide bonds. The van der Waals surface area contributed by atoms with Crippen LogP contribution in [0.4, 0.5) is 0 Å². The number of carbonyl (C=O) groups excluding carboxylic acids is 1. The van der Waals surface area contributed by atoms with Crippen molar-refractivity contribution < 1.29 is 9.90 Å². The fraction of sp³-hybridized carbons (Fsp3) is 0.955. The van der Waals surface area contributed by atoms with Crippen LogP contribution in [-0.2, 0) is 4.79 Å². The first kappa shape index (κ1) is 15.9. The van der Waals surface area contributed by atoms with Crippen LogP contribution < -0.4 is 0 Å². The third-order valence-electron chi connectivity index (χ3n) is 9.97. The van der Waals surface area contributed by atoms with Crippen LogP contribution in [0, 0.1) is 52.3 Å². The Hall–Kier alpha value is -0.370. The van der Waals surface area contributed by atoms with E-state index in [2.05, 4.69) is 13.8 Å². The normalized spacial score (nSPS) is 61.3. The van der Waals surface area contributed by atoms with Crippen LogP contribution in [0.3, 0.4) is 0 Å². The van der Waals surface area contributed by atoms with Crippen molar-refractivity contribution in [3.8, 4) is 0 Å².